The minimum atomic E-state index is -1.07. The van der Waals surface area contributed by atoms with Gasteiger partial charge in [0.05, 0.1) is 11.0 Å². The number of hydrogen-bond acceptors (Lipinski definition) is 4. The maximum atomic E-state index is 11.8. The predicted octanol–water partition coefficient (Wildman–Crippen LogP) is 1.33. The van der Waals surface area contributed by atoms with Gasteiger partial charge in [0.1, 0.15) is 0 Å². The zero-order valence-electron chi connectivity index (χ0n) is 10.8. The van der Waals surface area contributed by atoms with Gasteiger partial charge < -0.3 is 20.6 Å². The van der Waals surface area contributed by atoms with E-state index in [0.29, 0.717) is 6.42 Å². The van der Waals surface area contributed by atoms with Crippen LogP contribution in [0.3, 0.4) is 0 Å². The molecule has 104 valence electrons. The number of carboxylic acids is 1. The fourth-order valence-electron chi connectivity index (χ4n) is 1.44. The molecule has 0 aliphatic carbocycles. The van der Waals surface area contributed by atoms with Gasteiger partial charge in [0.15, 0.2) is 11.5 Å². The number of hydrogen-bond donors (Lipinski definition) is 4. The van der Waals surface area contributed by atoms with Gasteiger partial charge in [-0.25, -0.2) is 0 Å². The lowest BCUT2D eigenvalue weighted by Crippen LogP contribution is -2.40. The molecule has 0 spiro atoms. The Hall–Kier alpha value is -2.24. The molecule has 0 aliphatic heterocycles. The summed E-state index contributed by atoms with van der Waals surface area (Å²) in [6, 6.07) is 4.01. The van der Waals surface area contributed by atoms with E-state index in [9.17, 15) is 19.8 Å². The summed E-state index contributed by atoms with van der Waals surface area (Å²) in [7, 11) is 0. The molecule has 4 N–H and O–H groups in total. The number of carboxylic acid groups (broad SMARTS) is 1. The zero-order valence-corrected chi connectivity index (χ0v) is 10.8. The topological polar surface area (TPSA) is 107 Å². The average Bonchev–Trinajstić information content (AvgIpc) is 2.38. The third-order valence-electron chi connectivity index (χ3n) is 3.20. The van der Waals surface area contributed by atoms with E-state index in [-0.39, 0.29) is 12.1 Å². The van der Waals surface area contributed by atoms with Gasteiger partial charge >= 0.3 is 5.97 Å². The van der Waals surface area contributed by atoms with Gasteiger partial charge in [0.2, 0.25) is 0 Å². The molecule has 6 heteroatoms. The number of nitrogens with one attached hydrogen (secondary N) is 1. The molecule has 1 atom stereocenters. The highest BCUT2D eigenvalue weighted by Gasteiger charge is 2.31. The lowest BCUT2D eigenvalue weighted by molar-refractivity contribution is -0.147. The smallest absolute Gasteiger partial charge is 0.311 e. The molecule has 0 saturated carbocycles. The maximum absolute atomic E-state index is 11.8. The van der Waals surface area contributed by atoms with Crippen LogP contribution in [-0.4, -0.2) is 33.7 Å². The highest BCUT2D eigenvalue weighted by Crippen LogP contribution is 2.28. The van der Waals surface area contributed by atoms with Crippen LogP contribution in [0.5, 0.6) is 11.5 Å². The zero-order chi connectivity index (χ0) is 14.6. The second-order valence-electron chi connectivity index (χ2n) is 4.58. The van der Waals surface area contributed by atoms with E-state index in [4.69, 9.17) is 5.11 Å². The number of benzene rings is 1. The fourth-order valence-corrected chi connectivity index (χ4v) is 1.44. The van der Waals surface area contributed by atoms with Crippen LogP contribution in [0.1, 0.15) is 30.6 Å². The van der Waals surface area contributed by atoms with Crippen LogP contribution in [0, 0.1) is 5.41 Å². The molecule has 1 amide bonds. The van der Waals surface area contributed by atoms with Crippen molar-refractivity contribution >= 4 is 11.9 Å². The summed E-state index contributed by atoms with van der Waals surface area (Å²) < 4.78 is 0. The molecule has 1 rings (SSSR count). The van der Waals surface area contributed by atoms with Crippen LogP contribution >= 0.6 is 0 Å². The van der Waals surface area contributed by atoms with Gasteiger partial charge in [-0.2, -0.15) is 0 Å². The number of aromatic hydroxyl groups is 2. The van der Waals surface area contributed by atoms with E-state index in [2.05, 4.69) is 5.32 Å². The summed E-state index contributed by atoms with van der Waals surface area (Å²) in [6.07, 6.45) is 0.356. The Morgan fingerprint density at radius 2 is 1.95 bits per heavy atom. The molecule has 1 aromatic carbocycles. The van der Waals surface area contributed by atoms with Crippen LogP contribution in [0.2, 0.25) is 0 Å². The number of rotatable bonds is 5. The van der Waals surface area contributed by atoms with Crippen LogP contribution < -0.4 is 5.32 Å². The third kappa shape index (κ3) is 3.15. The van der Waals surface area contributed by atoms with E-state index in [0.717, 1.165) is 0 Å². The molecule has 0 saturated heterocycles. The molecule has 19 heavy (non-hydrogen) atoms. The van der Waals surface area contributed by atoms with Gasteiger partial charge in [-0.05, 0) is 25.5 Å². The van der Waals surface area contributed by atoms with E-state index in [1.54, 1.807) is 6.92 Å². The summed E-state index contributed by atoms with van der Waals surface area (Å²) >= 11 is 0. The van der Waals surface area contributed by atoms with Gasteiger partial charge in [0, 0.05) is 6.54 Å². The van der Waals surface area contributed by atoms with Crippen LogP contribution in [0.4, 0.5) is 0 Å². The minimum Gasteiger partial charge on any atom is -0.504 e. The number of para-hydroxylation sites is 1. The van der Waals surface area contributed by atoms with E-state index in [1.165, 1.54) is 25.1 Å². The average molecular weight is 267 g/mol. The SMILES string of the molecule is CCC(C)(CNC(=O)c1cccc(O)c1O)C(=O)O. The van der Waals surface area contributed by atoms with Crippen LogP contribution in [0.15, 0.2) is 18.2 Å². The van der Waals surface area contributed by atoms with Gasteiger partial charge in [0.25, 0.3) is 5.91 Å². The molecule has 0 aliphatic rings. The number of aliphatic carboxylic acids is 1. The number of phenolic OH excluding ortho intramolecular Hbond substituents is 2. The number of amides is 1. The first-order chi connectivity index (χ1) is 8.81. The lowest BCUT2D eigenvalue weighted by Gasteiger charge is -2.23. The quantitative estimate of drug-likeness (QED) is 0.602. The van der Waals surface area contributed by atoms with Gasteiger partial charge in [-0.3, -0.25) is 9.59 Å². The fraction of sp³-hybridized carbons (Fsp3) is 0.385. The molecular weight excluding hydrogens is 250 g/mol. The summed E-state index contributed by atoms with van der Waals surface area (Å²) in [6.45, 7) is 3.18. The van der Waals surface area contributed by atoms with Crippen molar-refractivity contribution in [2.45, 2.75) is 20.3 Å². The molecule has 0 heterocycles. The van der Waals surface area contributed by atoms with Crippen molar-refractivity contribution in [2.75, 3.05) is 6.54 Å². The Balaban J connectivity index is 2.81. The van der Waals surface area contributed by atoms with E-state index < -0.39 is 28.8 Å². The molecule has 1 unspecified atom stereocenters. The number of carbonyl (C=O) groups excluding carboxylic acids is 1. The number of phenols is 2. The lowest BCUT2D eigenvalue weighted by atomic mass is 9.87. The highest BCUT2D eigenvalue weighted by atomic mass is 16.4. The van der Waals surface area contributed by atoms with Crippen molar-refractivity contribution in [3.05, 3.63) is 23.8 Å². The van der Waals surface area contributed by atoms with Crippen LogP contribution in [-0.2, 0) is 4.79 Å². The molecule has 0 aromatic heterocycles. The second kappa shape index (κ2) is 5.60. The van der Waals surface area contributed by atoms with Gasteiger partial charge in [-0.1, -0.05) is 13.0 Å². The van der Waals surface area contributed by atoms with E-state index in [1.807, 2.05) is 0 Å². The molecular formula is C13H17NO5. The Kier molecular flexibility index (Phi) is 4.37. The molecule has 1 aromatic rings. The Morgan fingerprint density at radius 3 is 2.47 bits per heavy atom. The monoisotopic (exact) mass is 267 g/mol. The largest absolute Gasteiger partial charge is 0.504 e. The highest BCUT2D eigenvalue weighted by molar-refractivity contribution is 5.97. The first-order valence-corrected chi connectivity index (χ1v) is 5.84. The van der Waals surface area contributed by atoms with Gasteiger partial charge in [-0.15, -0.1) is 0 Å². The number of carbonyl (C=O) groups is 2. The van der Waals surface area contributed by atoms with Crippen molar-refractivity contribution in [1.82, 2.24) is 5.32 Å². The Labute approximate surface area is 110 Å². The summed E-state index contributed by atoms with van der Waals surface area (Å²) in [5.41, 5.74) is -1.16. The summed E-state index contributed by atoms with van der Waals surface area (Å²) in [4.78, 5) is 22.9. The normalized spacial score (nSPS) is 13.6. The van der Waals surface area contributed by atoms with Crippen molar-refractivity contribution < 1.29 is 24.9 Å². The summed E-state index contributed by atoms with van der Waals surface area (Å²) in [5.74, 6) is -2.55. The molecule has 6 nitrogen and oxygen atoms in total. The maximum Gasteiger partial charge on any atom is 0.311 e. The Morgan fingerprint density at radius 1 is 1.32 bits per heavy atom. The van der Waals surface area contributed by atoms with Crippen LogP contribution in [0.25, 0.3) is 0 Å². The minimum absolute atomic E-state index is 0.0627. The first-order valence-electron chi connectivity index (χ1n) is 5.84. The van der Waals surface area contributed by atoms with Crippen molar-refractivity contribution in [3.63, 3.8) is 0 Å². The standard InChI is InChI=1S/C13H17NO5/c1-3-13(2,12(18)19)7-14-11(17)8-5-4-6-9(15)10(8)16/h4-6,15-16H,3,7H2,1-2H3,(H,14,17)(H,18,19). The molecule has 0 fully saturated rings. The van der Waals surface area contributed by atoms with Crippen molar-refractivity contribution in [2.24, 2.45) is 5.41 Å². The molecule has 0 radical (unpaired) electrons. The third-order valence-corrected chi connectivity index (χ3v) is 3.20. The predicted molar refractivity (Wildman–Crippen MR) is 68.1 cm³/mol. The van der Waals surface area contributed by atoms with Crippen molar-refractivity contribution in [1.29, 1.82) is 0 Å². The summed E-state index contributed by atoms with van der Waals surface area (Å²) in [5, 5.41) is 30.3. The van der Waals surface area contributed by atoms with Crippen molar-refractivity contribution in [3.8, 4) is 11.5 Å². The molecule has 0 bridgehead atoms. The first kappa shape index (κ1) is 14.8. The Bertz CT molecular complexity index is 500. The van der Waals surface area contributed by atoms with E-state index >= 15 is 0 Å². The second-order valence-corrected chi connectivity index (χ2v) is 4.58.